The van der Waals surface area contributed by atoms with Gasteiger partial charge in [-0.25, -0.2) is 28.5 Å². The Morgan fingerprint density at radius 2 is 1.98 bits per heavy atom. The minimum Gasteiger partial charge on any atom is -0.473 e. The maximum atomic E-state index is 14.3. The Morgan fingerprint density at radius 3 is 2.68 bits per heavy atom. The van der Waals surface area contributed by atoms with Gasteiger partial charge in [0.25, 0.3) is 0 Å². The summed E-state index contributed by atoms with van der Waals surface area (Å²) in [5.74, 6) is -0.409. The number of hydrogen-bond donors (Lipinski definition) is 2. The van der Waals surface area contributed by atoms with Crippen molar-refractivity contribution < 1.29 is 32.9 Å². The summed E-state index contributed by atoms with van der Waals surface area (Å²) in [6.07, 6.45) is 3.21. The highest BCUT2D eigenvalue weighted by Crippen LogP contribution is 2.28. The summed E-state index contributed by atoms with van der Waals surface area (Å²) in [4.78, 5) is 35.4. The normalized spacial score (nSPS) is 14.4. The predicted molar refractivity (Wildman–Crippen MR) is 148 cm³/mol. The van der Waals surface area contributed by atoms with E-state index in [1.165, 1.54) is 16.8 Å². The summed E-state index contributed by atoms with van der Waals surface area (Å²) < 4.78 is 37.6. The van der Waals surface area contributed by atoms with Gasteiger partial charge in [-0.1, -0.05) is 0 Å². The minimum absolute atomic E-state index is 0.107. The lowest BCUT2D eigenvalue weighted by molar-refractivity contribution is 0.0500. The number of aromatic nitrogens is 4. The number of fused-ring (bicyclic) bond motifs is 1. The van der Waals surface area contributed by atoms with Crippen molar-refractivity contribution in [2.45, 2.75) is 52.9 Å². The molecule has 0 unspecified atom stereocenters. The van der Waals surface area contributed by atoms with E-state index in [1.807, 2.05) is 0 Å². The van der Waals surface area contributed by atoms with Gasteiger partial charge in [-0.2, -0.15) is 5.10 Å². The molecule has 13 nitrogen and oxygen atoms in total. The van der Waals surface area contributed by atoms with Crippen LogP contribution in [0.5, 0.6) is 5.88 Å². The Labute approximate surface area is 237 Å². The van der Waals surface area contributed by atoms with Gasteiger partial charge in [-0.15, -0.1) is 0 Å². The average molecular weight is 574 g/mol. The Bertz CT molecular complexity index is 1370. The molecule has 3 aromatic heterocycles. The first kappa shape index (κ1) is 29.8. The topological polar surface area (TPSA) is 141 Å². The highest BCUT2D eigenvalue weighted by atomic mass is 19.1. The van der Waals surface area contributed by atoms with Crippen LogP contribution < -0.4 is 20.3 Å². The van der Waals surface area contributed by atoms with Gasteiger partial charge in [0.05, 0.1) is 50.6 Å². The maximum absolute atomic E-state index is 14.3. The first-order chi connectivity index (χ1) is 19.5. The second kappa shape index (κ2) is 13.0. The molecule has 1 atom stereocenters. The predicted octanol–water partition coefficient (Wildman–Crippen LogP) is 3.18. The highest BCUT2D eigenvalue weighted by Gasteiger charge is 2.23. The Hall–Kier alpha value is -4.20. The standard InChI is InChI=1S/C27H36FN7O6/c1-6-39-25(36)20-15-32-35-16-21(34-7-9-38-10-8-34)22(33-23(20)35)29-13-18-11-19(28)14-30-24(18)40-17(2)12-31-26(37)41-27(3,4)5/h11,14-17H,6-10,12-13H2,1-5H3,(H,29,33)(H,31,37)/t17-/m0/s1. The fourth-order valence-corrected chi connectivity index (χ4v) is 4.07. The number of pyridine rings is 1. The molecule has 0 aliphatic carbocycles. The van der Waals surface area contributed by atoms with Crippen molar-refractivity contribution in [3.63, 3.8) is 0 Å². The van der Waals surface area contributed by atoms with Gasteiger partial charge in [-0.05, 0) is 40.7 Å². The molecule has 14 heteroatoms. The minimum atomic E-state index is -0.628. The van der Waals surface area contributed by atoms with E-state index in [0.29, 0.717) is 43.3 Å². The van der Waals surface area contributed by atoms with Crippen molar-refractivity contribution in [2.75, 3.05) is 49.7 Å². The first-order valence-corrected chi connectivity index (χ1v) is 13.4. The number of ether oxygens (including phenoxy) is 4. The molecule has 1 saturated heterocycles. The van der Waals surface area contributed by atoms with Gasteiger partial charge >= 0.3 is 12.1 Å². The van der Waals surface area contributed by atoms with Crippen LogP contribution in [0.15, 0.2) is 24.7 Å². The zero-order valence-electron chi connectivity index (χ0n) is 23.9. The molecule has 0 spiro atoms. The lowest BCUT2D eigenvalue weighted by Gasteiger charge is -2.30. The van der Waals surface area contributed by atoms with E-state index >= 15 is 0 Å². The number of alkyl carbamates (subject to hydrolysis) is 1. The number of hydrogen-bond acceptors (Lipinski definition) is 11. The van der Waals surface area contributed by atoms with E-state index in [9.17, 15) is 14.0 Å². The number of esters is 1. The van der Waals surface area contributed by atoms with Crippen LogP contribution in [0, 0.1) is 5.82 Å². The van der Waals surface area contributed by atoms with E-state index < -0.39 is 29.6 Å². The third-order valence-electron chi connectivity index (χ3n) is 5.90. The SMILES string of the molecule is CCOC(=O)c1cnn2cc(N3CCOCC3)c(NCc3cc(F)cnc3O[C@@H](C)CNC(=O)OC(C)(C)C)nc12. The van der Waals surface area contributed by atoms with Crippen molar-refractivity contribution in [1.82, 2.24) is 24.9 Å². The van der Waals surface area contributed by atoms with Crippen LogP contribution in [0.25, 0.3) is 5.65 Å². The molecule has 2 N–H and O–H groups in total. The molecule has 1 aliphatic heterocycles. The van der Waals surface area contributed by atoms with Gasteiger partial charge in [0.2, 0.25) is 5.88 Å². The molecule has 1 amide bonds. The zero-order chi connectivity index (χ0) is 29.6. The summed E-state index contributed by atoms with van der Waals surface area (Å²) in [5, 5.41) is 10.2. The number of rotatable bonds is 10. The van der Waals surface area contributed by atoms with Gasteiger partial charge in [0.1, 0.15) is 23.1 Å². The van der Waals surface area contributed by atoms with Crippen LogP contribution in [-0.2, 0) is 20.8 Å². The highest BCUT2D eigenvalue weighted by molar-refractivity contribution is 5.96. The molecule has 1 aliphatic rings. The second-order valence-electron chi connectivity index (χ2n) is 10.4. The van der Waals surface area contributed by atoms with Crippen LogP contribution in [0.1, 0.15) is 50.5 Å². The summed E-state index contributed by atoms with van der Waals surface area (Å²) in [6, 6.07) is 1.32. The average Bonchev–Trinajstić information content (AvgIpc) is 3.34. The quantitative estimate of drug-likeness (QED) is 0.346. The van der Waals surface area contributed by atoms with E-state index in [4.69, 9.17) is 23.9 Å². The Morgan fingerprint density at radius 1 is 1.22 bits per heavy atom. The maximum Gasteiger partial charge on any atom is 0.407 e. The van der Waals surface area contributed by atoms with Crippen molar-refractivity contribution in [3.05, 3.63) is 41.6 Å². The van der Waals surface area contributed by atoms with Gasteiger partial charge in [0.15, 0.2) is 11.5 Å². The van der Waals surface area contributed by atoms with E-state index in [1.54, 1.807) is 40.8 Å². The smallest absolute Gasteiger partial charge is 0.407 e. The van der Waals surface area contributed by atoms with E-state index in [2.05, 4.69) is 25.6 Å². The van der Waals surface area contributed by atoms with Gasteiger partial charge in [-0.3, -0.25) is 0 Å². The van der Waals surface area contributed by atoms with E-state index in [0.717, 1.165) is 11.9 Å². The molecular formula is C27H36FN7O6. The number of morpholine rings is 1. The van der Waals surface area contributed by atoms with Crippen molar-refractivity contribution >= 4 is 29.2 Å². The first-order valence-electron chi connectivity index (χ1n) is 13.4. The summed E-state index contributed by atoms with van der Waals surface area (Å²) in [5.41, 5.74) is 1.09. The lowest BCUT2D eigenvalue weighted by atomic mass is 10.2. The molecule has 3 aromatic rings. The molecule has 4 heterocycles. The van der Waals surface area contributed by atoms with Crippen LogP contribution in [-0.4, -0.2) is 82.8 Å². The molecule has 0 radical (unpaired) electrons. The largest absolute Gasteiger partial charge is 0.473 e. The third kappa shape index (κ3) is 7.93. The number of carbonyl (C=O) groups is 2. The van der Waals surface area contributed by atoms with Crippen LogP contribution in [0.4, 0.5) is 20.7 Å². The van der Waals surface area contributed by atoms with Crippen molar-refractivity contribution in [3.8, 4) is 5.88 Å². The van der Waals surface area contributed by atoms with Crippen LogP contribution >= 0.6 is 0 Å². The molecule has 0 saturated carbocycles. The van der Waals surface area contributed by atoms with Gasteiger partial charge in [0, 0.05) is 25.2 Å². The molecule has 0 bridgehead atoms. The number of anilines is 2. The number of amides is 1. The van der Waals surface area contributed by atoms with Crippen LogP contribution in [0.2, 0.25) is 0 Å². The van der Waals surface area contributed by atoms with Crippen molar-refractivity contribution in [2.24, 2.45) is 0 Å². The number of nitrogens with one attached hydrogen (secondary N) is 2. The molecule has 41 heavy (non-hydrogen) atoms. The molecule has 222 valence electrons. The lowest BCUT2D eigenvalue weighted by Crippen LogP contribution is -2.38. The van der Waals surface area contributed by atoms with Gasteiger partial charge < -0.3 is 34.5 Å². The number of nitrogens with zero attached hydrogens (tertiary/aromatic N) is 5. The third-order valence-corrected chi connectivity index (χ3v) is 5.90. The van der Waals surface area contributed by atoms with Crippen LogP contribution in [0.3, 0.4) is 0 Å². The van der Waals surface area contributed by atoms with Crippen molar-refractivity contribution in [1.29, 1.82) is 0 Å². The zero-order valence-corrected chi connectivity index (χ0v) is 23.9. The summed E-state index contributed by atoms with van der Waals surface area (Å²) >= 11 is 0. The second-order valence-corrected chi connectivity index (χ2v) is 10.4. The molecule has 1 fully saturated rings. The summed E-state index contributed by atoms with van der Waals surface area (Å²) in [6.45, 7) is 11.6. The monoisotopic (exact) mass is 573 g/mol. The Balaban J connectivity index is 1.55. The summed E-state index contributed by atoms with van der Waals surface area (Å²) in [7, 11) is 0. The molecule has 0 aromatic carbocycles. The molecule has 4 rings (SSSR count). The number of halogens is 1. The fourth-order valence-electron chi connectivity index (χ4n) is 4.07. The fraction of sp³-hybridized carbons (Fsp3) is 0.519. The Kier molecular flexibility index (Phi) is 9.42. The number of carbonyl (C=O) groups excluding carboxylic acids is 2. The molecular weight excluding hydrogens is 537 g/mol. The van der Waals surface area contributed by atoms with E-state index in [-0.39, 0.29) is 31.1 Å².